The van der Waals surface area contributed by atoms with Crippen LogP contribution in [0.15, 0.2) is 30.3 Å². The summed E-state index contributed by atoms with van der Waals surface area (Å²) in [6, 6.07) is 10.7. The highest BCUT2D eigenvalue weighted by Crippen LogP contribution is 2.30. The van der Waals surface area contributed by atoms with Crippen molar-refractivity contribution in [3.8, 4) is 0 Å². The van der Waals surface area contributed by atoms with Gasteiger partial charge in [0.2, 0.25) is 0 Å². The van der Waals surface area contributed by atoms with Gasteiger partial charge in [-0.1, -0.05) is 52.9 Å². The second-order valence-corrected chi connectivity index (χ2v) is 6.84. The molecule has 0 amide bonds. The summed E-state index contributed by atoms with van der Waals surface area (Å²) in [6.07, 6.45) is 0. The van der Waals surface area contributed by atoms with E-state index in [4.69, 9.17) is 4.74 Å². The predicted octanol–water partition coefficient (Wildman–Crippen LogP) is 3.49. The van der Waals surface area contributed by atoms with Crippen LogP contribution >= 0.6 is 22.6 Å². The van der Waals surface area contributed by atoms with E-state index in [2.05, 4.69) is 78.6 Å². The van der Waals surface area contributed by atoms with Crippen LogP contribution in [0.4, 0.5) is 0 Å². The molecule has 100 valence electrons. The molecular formula is C15H22INO. The fourth-order valence-electron chi connectivity index (χ4n) is 2.82. The quantitative estimate of drug-likeness (QED) is 0.605. The van der Waals surface area contributed by atoms with E-state index >= 15 is 0 Å². The van der Waals surface area contributed by atoms with Crippen LogP contribution in [0.5, 0.6) is 0 Å². The Balaban J connectivity index is 2.09. The zero-order chi connectivity index (χ0) is 13.2. The molecule has 1 aliphatic heterocycles. The molecule has 0 aliphatic carbocycles. The molecule has 0 spiro atoms. The third-order valence-corrected chi connectivity index (χ3v) is 4.83. The molecule has 0 saturated carbocycles. The standard InChI is InChI=1S/C15H22INO/c1-14(2)11-17(12-15(3,10-16)18-14)9-13-7-5-4-6-8-13/h4-8H,9-12H2,1-3H3. The molecule has 1 aliphatic rings. The van der Waals surface area contributed by atoms with Crippen LogP contribution in [0.1, 0.15) is 26.3 Å². The SMILES string of the molecule is CC1(C)CN(Cc2ccccc2)CC(C)(CI)O1. The van der Waals surface area contributed by atoms with Gasteiger partial charge in [-0.25, -0.2) is 0 Å². The summed E-state index contributed by atoms with van der Waals surface area (Å²) in [5, 5.41) is 0. The van der Waals surface area contributed by atoms with Gasteiger partial charge < -0.3 is 4.74 Å². The molecule has 2 rings (SSSR count). The number of hydrogen-bond donors (Lipinski definition) is 0. The lowest BCUT2D eigenvalue weighted by Gasteiger charge is -2.48. The first-order valence-corrected chi connectivity index (χ1v) is 7.97. The summed E-state index contributed by atoms with van der Waals surface area (Å²) < 4.78 is 7.26. The molecular weight excluding hydrogens is 337 g/mol. The van der Waals surface area contributed by atoms with Crippen molar-refractivity contribution in [1.29, 1.82) is 0 Å². The highest BCUT2D eigenvalue weighted by Gasteiger charge is 2.40. The van der Waals surface area contributed by atoms with E-state index in [-0.39, 0.29) is 11.2 Å². The van der Waals surface area contributed by atoms with Crippen molar-refractivity contribution >= 4 is 22.6 Å². The maximum Gasteiger partial charge on any atom is 0.0877 e. The van der Waals surface area contributed by atoms with Crippen LogP contribution in [0.25, 0.3) is 0 Å². The first-order valence-electron chi connectivity index (χ1n) is 6.45. The fourth-order valence-corrected chi connectivity index (χ4v) is 3.22. The first-order chi connectivity index (χ1) is 8.42. The second-order valence-electron chi connectivity index (χ2n) is 6.08. The van der Waals surface area contributed by atoms with Gasteiger partial charge in [-0.15, -0.1) is 0 Å². The highest BCUT2D eigenvalue weighted by atomic mass is 127. The van der Waals surface area contributed by atoms with Gasteiger partial charge in [0.25, 0.3) is 0 Å². The molecule has 3 heteroatoms. The van der Waals surface area contributed by atoms with E-state index in [9.17, 15) is 0 Å². The summed E-state index contributed by atoms with van der Waals surface area (Å²) >= 11 is 2.43. The molecule has 2 nitrogen and oxygen atoms in total. The van der Waals surface area contributed by atoms with E-state index in [1.54, 1.807) is 0 Å². The lowest BCUT2D eigenvalue weighted by Crippen LogP contribution is -2.58. The molecule has 1 aromatic carbocycles. The Labute approximate surface area is 124 Å². The maximum atomic E-state index is 6.23. The number of alkyl halides is 1. The Morgan fingerprint density at radius 2 is 1.83 bits per heavy atom. The van der Waals surface area contributed by atoms with E-state index < -0.39 is 0 Å². The molecule has 0 radical (unpaired) electrons. The number of rotatable bonds is 3. The van der Waals surface area contributed by atoms with E-state index in [0.29, 0.717) is 0 Å². The van der Waals surface area contributed by atoms with E-state index in [0.717, 1.165) is 24.1 Å². The van der Waals surface area contributed by atoms with Crippen LogP contribution in [-0.2, 0) is 11.3 Å². The predicted molar refractivity (Wildman–Crippen MR) is 84.2 cm³/mol. The minimum atomic E-state index is -0.0625. The number of nitrogens with zero attached hydrogens (tertiary/aromatic N) is 1. The van der Waals surface area contributed by atoms with Gasteiger partial charge in [0.05, 0.1) is 11.2 Å². The number of hydrogen-bond acceptors (Lipinski definition) is 2. The van der Waals surface area contributed by atoms with Gasteiger partial charge in [0.1, 0.15) is 0 Å². The number of ether oxygens (including phenoxy) is 1. The van der Waals surface area contributed by atoms with Gasteiger partial charge in [-0.3, -0.25) is 4.90 Å². The summed E-state index contributed by atoms with van der Waals surface area (Å²) in [5.41, 5.74) is 1.29. The van der Waals surface area contributed by atoms with Crippen LogP contribution in [-0.4, -0.2) is 33.6 Å². The molecule has 0 N–H and O–H groups in total. The molecule has 1 unspecified atom stereocenters. The van der Waals surface area contributed by atoms with Crippen molar-refractivity contribution in [3.05, 3.63) is 35.9 Å². The zero-order valence-electron chi connectivity index (χ0n) is 11.4. The maximum absolute atomic E-state index is 6.23. The van der Waals surface area contributed by atoms with E-state index in [1.165, 1.54) is 5.56 Å². The number of morpholine rings is 1. The monoisotopic (exact) mass is 359 g/mol. The topological polar surface area (TPSA) is 12.5 Å². The lowest BCUT2D eigenvalue weighted by molar-refractivity contribution is -0.178. The minimum absolute atomic E-state index is 0.0307. The average molecular weight is 359 g/mol. The molecule has 1 heterocycles. The Hall–Kier alpha value is -0.130. The Kier molecular flexibility index (Phi) is 4.34. The zero-order valence-corrected chi connectivity index (χ0v) is 13.6. The summed E-state index contributed by atoms with van der Waals surface area (Å²) in [5.74, 6) is 0. The molecule has 0 bridgehead atoms. The van der Waals surface area contributed by atoms with Crippen molar-refractivity contribution in [1.82, 2.24) is 4.90 Å². The first kappa shape index (κ1) is 14.3. The molecule has 1 saturated heterocycles. The fraction of sp³-hybridized carbons (Fsp3) is 0.600. The van der Waals surface area contributed by atoms with Crippen molar-refractivity contribution in [2.45, 2.75) is 38.5 Å². The number of benzene rings is 1. The average Bonchev–Trinajstić information content (AvgIpc) is 2.27. The van der Waals surface area contributed by atoms with Gasteiger partial charge >= 0.3 is 0 Å². The van der Waals surface area contributed by atoms with Crippen LogP contribution < -0.4 is 0 Å². The van der Waals surface area contributed by atoms with Crippen molar-refractivity contribution in [3.63, 3.8) is 0 Å². The van der Waals surface area contributed by atoms with Crippen LogP contribution in [0, 0.1) is 0 Å². The third-order valence-electron chi connectivity index (χ3n) is 3.22. The normalized spacial score (nSPS) is 28.2. The van der Waals surface area contributed by atoms with Gasteiger partial charge in [-0.05, 0) is 26.3 Å². The summed E-state index contributed by atoms with van der Waals surface area (Å²) in [4.78, 5) is 2.51. The Morgan fingerprint density at radius 1 is 1.17 bits per heavy atom. The van der Waals surface area contributed by atoms with Crippen molar-refractivity contribution in [2.24, 2.45) is 0 Å². The van der Waals surface area contributed by atoms with Gasteiger partial charge in [0.15, 0.2) is 0 Å². The van der Waals surface area contributed by atoms with Gasteiger partial charge in [0, 0.05) is 24.1 Å². The smallest absolute Gasteiger partial charge is 0.0877 e. The van der Waals surface area contributed by atoms with Crippen molar-refractivity contribution in [2.75, 3.05) is 17.5 Å². The highest BCUT2D eigenvalue weighted by molar-refractivity contribution is 14.1. The molecule has 18 heavy (non-hydrogen) atoms. The summed E-state index contributed by atoms with van der Waals surface area (Å²) in [7, 11) is 0. The Bertz CT molecular complexity index is 393. The van der Waals surface area contributed by atoms with Crippen LogP contribution in [0.3, 0.4) is 0 Å². The molecule has 1 atom stereocenters. The summed E-state index contributed by atoms with van der Waals surface area (Å²) in [6.45, 7) is 9.62. The number of halogens is 1. The third kappa shape index (κ3) is 3.68. The second kappa shape index (κ2) is 5.47. The molecule has 1 aromatic rings. The van der Waals surface area contributed by atoms with Crippen LogP contribution in [0.2, 0.25) is 0 Å². The molecule has 1 fully saturated rings. The molecule has 0 aromatic heterocycles. The van der Waals surface area contributed by atoms with Gasteiger partial charge in [-0.2, -0.15) is 0 Å². The largest absolute Gasteiger partial charge is 0.366 e. The lowest BCUT2D eigenvalue weighted by atomic mass is 9.98. The Morgan fingerprint density at radius 3 is 2.44 bits per heavy atom. The van der Waals surface area contributed by atoms with Crippen molar-refractivity contribution < 1.29 is 4.74 Å². The minimum Gasteiger partial charge on any atom is -0.366 e. The van der Waals surface area contributed by atoms with E-state index in [1.807, 2.05) is 0 Å².